The maximum Gasteiger partial charge on any atom is 0.241 e. The van der Waals surface area contributed by atoms with Crippen LogP contribution in [0, 0.1) is 5.82 Å². The summed E-state index contributed by atoms with van der Waals surface area (Å²) in [5.74, 6) is 0.938. The fourth-order valence-corrected chi connectivity index (χ4v) is 4.05. The highest BCUT2D eigenvalue weighted by Crippen LogP contribution is 2.21. The first-order chi connectivity index (χ1) is 14.6. The summed E-state index contributed by atoms with van der Waals surface area (Å²) in [6.07, 6.45) is 0. The summed E-state index contributed by atoms with van der Waals surface area (Å²) >= 11 is 1.58. The van der Waals surface area contributed by atoms with Gasteiger partial charge in [0.1, 0.15) is 5.82 Å². The van der Waals surface area contributed by atoms with Gasteiger partial charge < -0.3 is 9.42 Å². The third kappa shape index (κ3) is 5.10. The van der Waals surface area contributed by atoms with Crippen LogP contribution in [0.15, 0.2) is 46.3 Å². The number of aromatic nitrogens is 2. The van der Waals surface area contributed by atoms with Gasteiger partial charge in [0.2, 0.25) is 17.6 Å². The van der Waals surface area contributed by atoms with Crippen LogP contribution in [0.4, 0.5) is 4.39 Å². The second-order valence-electron chi connectivity index (χ2n) is 7.38. The number of nitrogens with zero attached hydrogens (tertiary/aromatic N) is 5. The van der Waals surface area contributed by atoms with E-state index in [-0.39, 0.29) is 18.3 Å². The van der Waals surface area contributed by atoms with E-state index >= 15 is 0 Å². The van der Waals surface area contributed by atoms with E-state index in [0.29, 0.717) is 30.4 Å². The molecule has 30 heavy (non-hydrogen) atoms. The Kier molecular flexibility index (Phi) is 6.51. The van der Waals surface area contributed by atoms with Gasteiger partial charge in [-0.15, -0.1) is 11.3 Å². The van der Waals surface area contributed by atoms with E-state index in [2.05, 4.69) is 19.9 Å². The predicted molar refractivity (Wildman–Crippen MR) is 112 cm³/mol. The molecule has 9 heteroatoms. The Bertz CT molecular complexity index is 969. The lowest BCUT2D eigenvalue weighted by molar-refractivity contribution is -0.132. The highest BCUT2D eigenvalue weighted by atomic mass is 32.1. The van der Waals surface area contributed by atoms with Crippen molar-refractivity contribution in [1.82, 2.24) is 24.8 Å². The smallest absolute Gasteiger partial charge is 0.241 e. The van der Waals surface area contributed by atoms with E-state index in [4.69, 9.17) is 4.52 Å². The molecule has 0 unspecified atom stereocenters. The number of hydrogen-bond acceptors (Lipinski definition) is 7. The maximum atomic E-state index is 13.8. The van der Waals surface area contributed by atoms with E-state index < -0.39 is 0 Å². The average Bonchev–Trinajstić information content (AvgIpc) is 3.43. The second-order valence-corrected chi connectivity index (χ2v) is 8.33. The summed E-state index contributed by atoms with van der Waals surface area (Å²) in [4.78, 5) is 23.9. The minimum absolute atomic E-state index is 0.0100. The van der Waals surface area contributed by atoms with Crippen molar-refractivity contribution in [3.63, 3.8) is 0 Å². The first kappa shape index (κ1) is 20.6. The van der Waals surface area contributed by atoms with Crippen LogP contribution in [0.3, 0.4) is 0 Å². The predicted octanol–water partition coefficient (Wildman–Crippen LogP) is 2.71. The molecule has 0 spiro atoms. The molecule has 1 aromatic carbocycles. The van der Waals surface area contributed by atoms with Crippen LogP contribution in [0.5, 0.6) is 0 Å². The lowest BCUT2D eigenvalue weighted by atomic mass is 10.2. The first-order valence-electron chi connectivity index (χ1n) is 9.87. The molecule has 1 aliphatic heterocycles. The summed E-state index contributed by atoms with van der Waals surface area (Å²) in [7, 11) is 1.71. The Balaban J connectivity index is 1.22. The number of thiophene rings is 1. The lowest BCUT2D eigenvalue weighted by Gasteiger charge is -2.34. The number of benzene rings is 1. The standard InChI is InChI=1S/C21H24FN5O2S/c1-25(13-16-5-2-3-6-17(16)22)20(28)15-27-10-8-26(9-11-27)14-19-23-21(24-29-19)18-7-4-12-30-18/h2-7,12H,8-11,13-15H2,1H3. The highest BCUT2D eigenvalue weighted by Gasteiger charge is 2.22. The molecule has 158 valence electrons. The van der Waals surface area contributed by atoms with Gasteiger partial charge in [0.05, 0.1) is 18.0 Å². The number of carbonyl (C=O) groups is 1. The third-order valence-corrected chi connectivity index (χ3v) is 6.05. The number of rotatable bonds is 7. The van der Waals surface area contributed by atoms with Crippen LogP contribution < -0.4 is 0 Å². The normalized spacial score (nSPS) is 15.4. The lowest BCUT2D eigenvalue weighted by Crippen LogP contribution is -2.49. The third-order valence-electron chi connectivity index (χ3n) is 5.18. The van der Waals surface area contributed by atoms with Gasteiger partial charge in [0.15, 0.2) is 0 Å². The number of likely N-dealkylation sites (N-methyl/N-ethyl adjacent to an activating group) is 1. The molecule has 0 radical (unpaired) electrons. The van der Waals surface area contributed by atoms with Gasteiger partial charge in [-0.3, -0.25) is 14.6 Å². The largest absolute Gasteiger partial charge is 0.340 e. The van der Waals surface area contributed by atoms with E-state index in [1.165, 1.54) is 6.07 Å². The molecule has 0 aliphatic carbocycles. The Labute approximate surface area is 178 Å². The number of amides is 1. The SMILES string of the molecule is CN(Cc1ccccc1F)C(=O)CN1CCN(Cc2nc(-c3cccs3)no2)CC1. The molecule has 3 aromatic rings. The van der Waals surface area contributed by atoms with Crippen molar-refractivity contribution in [2.24, 2.45) is 0 Å². The molecule has 1 fully saturated rings. The van der Waals surface area contributed by atoms with Gasteiger partial charge in [0, 0.05) is 45.3 Å². The Hall–Kier alpha value is -2.62. The zero-order valence-electron chi connectivity index (χ0n) is 16.8. The molecule has 0 bridgehead atoms. The van der Waals surface area contributed by atoms with E-state index in [0.717, 1.165) is 31.1 Å². The van der Waals surface area contributed by atoms with Gasteiger partial charge >= 0.3 is 0 Å². The maximum absolute atomic E-state index is 13.8. The highest BCUT2D eigenvalue weighted by molar-refractivity contribution is 7.13. The van der Waals surface area contributed by atoms with Gasteiger partial charge in [0.25, 0.3) is 0 Å². The second kappa shape index (κ2) is 9.46. The van der Waals surface area contributed by atoms with Crippen LogP contribution in [0.25, 0.3) is 10.7 Å². The molecule has 0 saturated carbocycles. The minimum Gasteiger partial charge on any atom is -0.340 e. The minimum atomic E-state index is -0.283. The van der Waals surface area contributed by atoms with Crippen LogP contribution >= 0.6 is 11.3 Å². The van der Waals surface area contributed by atoms with Gasteiger partial charge in [-0.2, -0.15) is 4.98 Å². The molecular formula is C21H24FN5O2S. The van der Waals surface area contributed by atoms with Crippen molar-refractivity contribution in [3.8, 4) is 10.7 Å². The zero-order chi connectivity index (χ0) is 20.9. The molecule has 2 aromatic heterocycles. The van der Waals surface area contributed by atoms with Gasteiger partial charge in [-0.1, -0.05) is 29.4 Å². The average molecular weight is 430 g/mol. The first-order valence-corrected chi connectivity index (χ1v) is 10.7. The summed E-state index contributed by atoms with van der Waals surface area (Å²) in [5, 5.41) is 6.03. The number of hydrogen-bond donors (Lipinski definition) is 0. The van der Waals surface area contributed by atoms with Crippen molar-refractivity contribution in [3.05, 3.63) is 59.0 Å². The van der Waals surface area contributed by atoms with E-state index in [1.807, 2.05) is 17.5 Å². The molecule has 1 saturated heterocycles. The number of carbonyl (C=O) groups excluding carboxylic acids is 1. The molecule has 7 nitrogen and oxygen atoms in total. The Morgan fingerprint density at radius 3 is 2.67 bits per heavy atom. The summed E-state index contributed by atoms with van der Waals surface area (Å²) in [6.45, 7) is 4.42. The monoisotopic (exact) mass is 429 g/mol. The molecule has 1 amide bonds. The molecule has 0 N–H and O–H groups in total. The van der Waals surface area contributed by atoms with Gasteiger partial charge in [-0.25, -0.2) is 4.39 Å². The van der Waals surface area contributed by atoms with Gasteiger partial charge in [-0.05, 0) is 17.5 Å². The van der Waals surface area contributed by atoms with Crippen LogP contribution in [-0.2, 0) is 17.9 Å². The molecule has 3 heterocycles. The van der Waals surface area contributed by atoms with Crippen LogP contribution in [0.2, 0.25) is 0 Å². The molecule has 0 atom stereocenters. The zero-order valence-corrected chi connectivity index (χ0v) is 17.6. The fraction of sp³-hybridized carbons (Fsp3) is 0.381. The fourth-order valence-electron chi connectivity index (χ4n) is 3.40. The van der Waals surface area contributed by atoms with Crippen LogP contribution in [0.1, 0.15) is 11.5 Å². The van der Waals surface area contributed by atoms with Crippen molar-refractivity contribution in [2.75, 3.05) is 39.8 Å². The Morgan fingerprint density at radius 1 is 1.17 bits per heavy atom. The van der Waals surface area contributed by atoms with Crippen molar-refractivity contribution < 1.29 is 13.7 Å². The molecular weight excluding hydrogens is 405 g/mol. The number of halogens is 1. The Morgan fingerprint density at radius 2 is 1.93 bits per heavy atom. The van der Waals surface area contributed by atoms with Crippen LogP contribution in [-0.4, -0.2) is 70.5 Å². The molecule has 1 aliphatic rings. The quantitative estimate of drug-likeness (QED) is 0.575. The molecule has 4 rings (SSSR count). The summed E-state index contributed by atoms with van der Waals surface area (Å²) < 4.78 is 19.2. The van der Waals surface area contributed by atoms with Crippen molar-refractivity contribution in [2.45, 2.75) is 13.1 Å². The van der Waals surface area contributed by atoms with E-state index in [9.17, 15) is 9.18 Å². The summed E-state index contributed by atoms with van der Waals surface area (Å²) in [5.41, 5.74) is 0.527. The number of piperazine rings is 1. The van der Waals surface area contributed by atoms with Crippen molar-refractivity contribution in [1.29, 1.82) is 0 Å². The summed E-state index contributed by atoms with van der Waals surface area (Å²) in [6, 6.07) is 10.5. The topological polar surface area (TPSA) is 65.7 Å². The van der Waals surface area contributed by atoms with E-state index in [1.54, 1.807) is 41.5 Å². The van der Waals surface area contributed by atoms with Crippen molar-refractivity contribution >= 4 is 17.2 Å².